The van der Waals surface area contributed by atoms with Crippen LogP contribution < -0.4 is 10.1 Å². The van der Waals surface area contributed by atoms with Crippen molar-refractivity contribution in [2.75, 3.05) is 19.5 Å². The molecular weight excluding hydrogens is 256 g/mol. The Morgan fingerprint density at radius 2 is 2.11 bits per heavy atom. The third-order valence-corrected chi connectivity index (χ3v) is 2.35. The molecule has 0 spiro atoms. The van der Waals surface area contributed by atoms with Crippen molar-refractivity contribution < 1.29 is 14.4 Å². The summed E-state index contributed by atoms with van der Waals surface area (Å²) < 4.78 is 5.03. The Kier molecular flexibility index (Phi) is 5.25. The number of urea groups is 1. The normalized spacial score (nSPS) is 10.3. The number of ether oxygens (including phenoxy) is 1. The van der Waals surface area contributed by atoms with Crippen LogP contribution in [-0.2, 0) is 4.84 Å². The van der Waals surface area contributed by atoms with Gasteiger partial charge in [-0.05, 0) is 32.0 Å². The summed E-state index contributed by atoms with van der Waals surface area (Å²) in [6, 6.07) is 4.62. The van der Waals surface area contributed by atoms with E-state index in [0.717, 1.165) is 5.06 Å². The topological polar surface area (TPSA) is 50.8 Å². The molecule has 0 heterocycles. The molecule has 2 amide bonds. The second kappa shape index (κ2) is 6.47. The van der Waals surface area contributed by atoms with Gasteiger partial charge in [0, 0.05) is 12.7 Å². The fourth-order valence-electron chi connectivity index (χ4n) is 1.31. The molecule has 0 aliphatic heterocycles. The molecule has 0 radical (unpaired) electrons. The first-order chi connectivity index (χ1) is 8.43. The Balaban J connectivity index is 2.67. The minimum absolute atomic E-state index is 0.0693. The molecule has 100 valence electrons. The Labute approximate surface area is 112 Å². The molecule has 1 N–H and O–H groups in total. The van der Waals surface area contributed by atoms with E-state index in [-0.39, 0.29) is 12.1 Å². The van der Waals surface area contributed by atoms with Gasteiger partial charge in [0.2, 0.25) is 0 Å². The van der Waals surface area contributed by atoms with Crippen LogP contribution in [0.2, 0.25) is 5.02 Å². The summed E-state index contributed by atoms with van der Waals surface area (Å²) in [5.74, 6) is 0.557. The molecule has 0 atom stereocenters. The number of hydrogen-bond acceptors (Lipinski definition) is 3. The number of carbonyl (C=O) groups excluding carboxylic acids is 1. The van der Waals surface area contributed by atoms with E-state index in [2.05, 4.69) is 5.32 Å². The van der Waals surface area contributed by atoms with Gasteiger partial charge in [-0.2, -0.15) is 0 Å². The number of halogens is 1. The summed E-state index contributed by atoms with van der Waals surface area (Å²) >= 11 is 5.96. The summed E-state index contributed by atoms with van der Waals surface area (Å²) in [6.45, 7) is 3.68. The van der Waals surface area contributed by atoms with Crippen molar-refractivity contribution in [3.05, 3.63) is 23.2 Å². The van der Waals surface area contributed by atoms with E-state index in [1.165, 1.54) is 7.11 Å². The fraction of sp³-hybridized carbons (Fsp3) is 0.417. The van der Waals surface area contributed by atoms with Crippen molar-refractivity contribution in [3.8, 4) is 5.75 Å². The van der Waals surface area contributed by atoms with E-state index in [1.54, 1.807) is 25.2 Å². The first kappa shape index (κ1) is 14.6. The smallest absolute Gasteiger partial charge is 0.345 e. The molecule has 18 heavy (non-hydrogen) atoms. The zero-order chi connectivity index (χ0) is 13.7. The molecule has 0 aliphatic rings. The van der Waals surface area contributed by atoms with Crippen LogP contribution in [-0.4, -0.2) is 31.4 Å². The van der Waals surface area contributed by atoms with Crippen LogP contribution in [0, 0.1) is 0 Å². The van der Waals surface area contributed by atoms with Gasteiger partial charge in [0.05, 0.1) is 18.2 Å². The van der Waals surface area contributed by atoms with Crippen LogP contribution >= 0.6 is 11.6 Å². The number of hydrogen-bond donors (Lipinski definition) is 1. The van der Waals surface area contributed by atoms with Crippen LogP contribution in [0.3, 0.4) is 0 Å². The lowest BCUT2D eigenvalue weighted by Gasteiger charge is -2.19. The van der Waals surface area contributed by atoms with Crippen molar-refractivity contribution in [3.63, 3.8) is 0 Å². The summed E-state index contributed by atoms with van der Waals surface area (Å²) in [4.78, 5) is 17.0. The van der Waals surface area contributed by atoms with Crippen molar-refractivity contribution in [1.82, 2.24) is 5.06 Å². The number of methoxy groups -OCH3 is 1. The predicted molar refractivity (Wildman–Crippen MR) is 71.0 cm³/mol. The first-order valence-electron chi connectivity index (χ1n) is 5.49. The highest BCUT2D eigenvalue weighted by atomic mass is 35.5. The lowest BCUT2D eigenvalue weighted by atomic mass is 10.3. The molecule has 0 unspecified atom stereocenters. The average molecular weight is 273 g/mol. The van der Waals surface area contributed by atoms with E-state index >= 15 is 0 Å². The van der Waals surface area contributed by atoms with E-state index < -0.39 is 0 Å². The molecule has 1 aromatic carbocycles. The monoisotopic (exact) mass is 272 g/mol. The molecule has 0 bridgehead atoms. The van der Waals surface area contributed by atoms with Gasteiger partial charge in [-0.1, -0.05) is 11.6 Å². The van der Waals surface area contributed by atoms with Crippen molar-refractivity contribution in [2.24, 2.45) is 0 Å². The SMILES string of the molecule is COc1ccc(NC(=O)N(C)OC(C)C)cc1Cl. The average Bonchev–Trinajstić information content (AvgIpc) is 2.28. The molecule has 5 nitrogen and oxygen atoms in total. The molecule has 6 heteroatoms. The number of amides is 2. The number of anilines is 1. The zero-order valence-corrected chi connectivity index (χ0v) is 11.6. The van der Waals surface area contributed by atoms with E-state index in [9.17, 15) is 4.79 Å². The maximum absolute atomic E-state index is 11.7. The van der Waals surface area contributed by atoms with Crippen molar-refractivity contribution in [2.45, 2.75) is 20.0 Å². The Morgan fingerprint density at radius 1 is 1.44 bits per heavy atom. The van der Waals surface area contributed by atoms with Crippen LogP contribution in [0.4, 0.5) is 10.5 Å². The summed E-state index contributed by atoms with van der Waals surface area (Å²) in [7, 11) is 3.07. The van der Waals surface area contributed by atoms with Crippen molar-refractivity contribution in [1.29, 1.82) is 0 Å². The van der Waals surface area contributed by atoms with E-state index in [1.807, 2.05) is 13.8 Å². The third kappa shape index (κ3) is 4.09. The fourth-order valence-corrected chi connectivity index (χ4v) is 1.57. The molecular formula is C12H17ClN2O3. The highest BCUT2D eigenvalue weighted by Crippen LogP contribution is 2.27. The largest absolute Gasteiger partial charge is 0.495 e. The summed E-state index contributed by atoms with van der Waals surface area (Å²) in [6.07, 6.45) is -0.0693. The first-order valence-corrected chi connectivity index (χ1v) is 5.87. The van der Waals surface area contributed by atoms with E-state index in [4.69, 9.17) is 21.2 Å². The molecule has 0 aromatic heterocycles. The number of nitrogens with zero attached hydrogens (tertiary/aromatic N) is 1. The Morgan fingerprint density at radius 3 is 2.61 bits per heavy atom. The van der Waals surface area contributed by atoms with Gasteiger partial charge in [0.1, 0.15) is 5.75 Å². The van der Waals surface area contributed by atoms with Crippen LogP contribution in [0.5, 0.6) is 5.75 Å². The summed E-state index contributed by atoms with van der Waals surface area (Å²) in [5, 5.41) is 4.24. The van der Waals surface area contributed by atoms with Gasteiger partial charge in [-0.3, -0.25) is 4.84 Å². The highest BCUT2D eigenvalue weighted by Gasteiger charge is 2.11. The van der Waals surface area contributed by atoms with Crippen molar-refractivity contribution >= 4 is 23.3 Å². The number of carbonyl (C=O) groups is 1. The van der Waals surface area contributed by atoms with E-state index in [0.29, 0.717) is 16.5 Å². The maximum atomic E-state index is 11.7. The Hall–Kier alpha value is -1.46. The lowest BCUT2D eigenvalue weighted by Crippen LogP contribution is -2.33. The van der Waals surface area contributed by atoms with Gasteiger partial charge in [0.15, 0.2) is 0 Å². The lowest BCUT2D eigenvalue weighted by molar-refractivity contribution is -0.127. The number of nitrogens with one attached hydrogen (secondary N) is 1. The van der Waals surface area contributed by atoms with Crippen LogP contribution in [0.25, 0.3) is 0 Å². The van der Waals surface area contributed by atoms with Gasteiger partial charge in [-0.25, -0.2) is 9.86 Å². The van der Waals surface area contributed by atoms with Crippen LogP contribution in [0.1, 0.15) is 13.8 Å². The molecule has 0 aliphatic carbocycles. The number of hydroxylamine groups is 2. The van der Waals surface area contributed by atoms with Gasteiger partial charge in [0.25, 0.3) is 0 Å². The minimum Gasteiger partial charge on any atom is -0.495 e. The van der Waals surface area contributed by atoms with Gasteiger partial charge in [-0.15, -0.1) is 0 Å². The predicted octanol–water partition coefficient (Wildman–Crippen LogP) is 3.15. The van der Waals surface area contributed by atoms with Crippen LogP contribution in [0.15, 0.2) is 18.2 Å². The zero-order valence-electron chi connectivity index (χ0n) is 10.9. The third-order valence-electron chi connectivity index (χ3n) is 2.06. The number of benzene rings is 1. The van der Waals surface area contributed by atoms with Gasteiger partial charge >= 0.3 is 6.03 Å². The molecule has 0 fully saturated rings. The second-order valence-electron chi connectivity index (χ2n) is 3.93. The molecule has 0 saturated carbocycles. The second-order valence-corrected chi connectivity index (χ2v) is 4.34. The Bertz CT molecular complexity index is 424. The quantitative estimate of drug-likeness (QED) is 0.857. The molecule has 1 rings (SSSR count). The molecule has 0 saturated heterocycles. The summed E-state index contributed by atoms with van der Waals surface area (Å²) in [5.41, 5.74) is 0.574. The minimum atomic E-state index is -0.370. The van der Waals surface area contributed by atoms with Gasteiger partial charge < -0.3 is 10.1 Å². The standard InChI is InChI=1S/C12H17ClN2O3/c1-8(2)18-15(3)12(16)14-9-5-6-11(17-4)10(13)7-9/h5-8H,1-4H3,(H,14,16). The maximum Gasteiger partial charge on any atom is 0.345 e. The number of rotatable bonds is 4. The molecule has 1 aromatic rings. The highest BCUT2D eigenvalue weighted by molar-refractivity contribution is 6.32.